The van der Waals surface area contributed by atoms with Gasteiger partial charge in [0.2, 0.25) is 0 Å². The Morgan fingerprint density at radius 2 is 1.81 bits per heavy atom. The Balaban J connectivity index is 1.43. The molecule has 3 aromatic rings. The lowest BCUT2D eigenvalue weighted by Gasteiger charge is -2.08. The molecule has 0 unspecified atom stereocenters. The molecule has 0 radical (unpaired) electrons. The monoisotopic (exact) mass is 430 g/mol. The van der Waals surface area contributed by atoms with E-state index in [4.69, 9.17) is 14.0 Å². The molecule has 0 spiro atoms. The fraction of sp³-hybridized carbons (Fsp3) is 0.227. The molecule has 1 N–H and O–H groups in total. The van der Waals surface area contributed by atoms with Gasteiger partial charge in [-0.15, -0.1) is 0 Å². The minimum atomic E-state index is -1.09. The predicted molar refractivity (Wildman–Crippen MR) is 106 cm³/mol. The predicted octanol–water partition coefficient (Wildman–Crippen LogP) is 3.87. The molecule has 1 amide bonds. The van der Waals surface area contributed by atoms with Crippen molar-refractivity contribution in [2.24, 2.45) is 0 Å². The van der Waals surface area contributed by atoms with E-state index in [-0.39, 0.29) is 12.1 Å². The second kappa shape index (κ2) is 9.84. The standard InChI is InChI=1S/C22H20F2N2O5/c1-13-18(14(2)31-26-13)11-29-17-6-3-15(4-7-17)9-22(28)30-12-21(27)25-16-5-8-19(23)20(24)10-16/h3-8,10H,9,11-12H2,1-2H3,(H,25,27). The third kappa shape index (κ3) is 6.11. The highest BCUT2D eigenvalue weighted by Crippen LogP contribution is 2.18. The zero-order chi connectivity index (χ0) is 22.4. The fourth-order valence-corrected chi connectivity index (χ4v) is 2.70. The van der Waals surface area contributed by atoms with E-state index in [1.165, 1.54) is 6.07 Å². The van der Waals surface area contributed by atoms with Crippen molar-refractivity contribution in [1.82, 2.24) is 5.16 Å². The van der Waals surface area contributed by atoms with Gasteiger partial charge in [0.25, 0.3) is 5.91 Å². The number of anilines is 1. The second-order valence-electron chi connectivity index (χ2n) is 6.75. The Labute approximate surface area is 176 Å². The van der Waals surface area contributed by atoms with Crippen LogP contribution in [0, 0.1) is 25.5 Å². The van der Waals surface area contributed by atoms with Gasteiger partial charge < -0.3 is 19.3 Å². The number of esters is 1. The highest BCUT2D eigenvalue weighted by Gasteiger charge is 2.12. The largest absolute Gasteiger partial charge is 0.489 e. The van der Waals surface area contributed by atoms with Crippen LogP contribution in [0.1, 0.15) is 22.6 Å². The number of carbonyl (C=O) groups is 2. The normalized spacial score (nSPS) is 10.6. The summed E-state index contributed by atoms with van der Waals surface area (Å²) < 4.78 is 41.7. The molecule has 162 valence electrons. The van der Waals surface area contributed by atoms with Gasteiger partial charge >= 0.3 is 5.97 Å². The van der Waals surface area contributed by atoms with Crippen LogP contribution < -0.4 is 10.1 Å². The van der Waals surface area contributed by atoms with Gasteiger partial charge in [0.05, 0.1) is 17.7 Å². The van der Waals surface area contributed by atoms with Crippen molar-refractivity contribution in [1.29, 1.82) is 0 Å². The Morgan fingerprint density at radius 3 is 2.45 bits per heavy atom. The topological polar surface area (TPSA) is 90.7 Å². The van der Waals surface area contributed by atoms with Crippen LogP contribution in [0.25, 0.3) is 0 Å². The first-order chi connectivity index (χ1) is 14.8. The minimum absolute atomic E-state index is 0.0391. The molecule has 0 saturated heterocycles. The first kappa shape index (κ1) is 21.9. The number of nitrogens with one attached hydrogen (secondary N) is 1. The van der Waals surface area contributed by atoms with E-state index in [1.54, 1.807) is 24.3 Å². The average molecular weight is 430 g/mol. The smallest absolute Gasteiger partial charge is 0.310 e. The van der Waals surface area contributed by atoms with Crippen molar-refractivity contribution in [3.05, 3.63) is 76.7 Å². The molecule has 0 aliphatic carbocycles. The first-order valence-corrected chi connectivity index (χ1v) is 9.36. The Morgan fingerprint density at radius 1 is 1.06 bits per heavy atom. The number of carbonyl (C=O) groups excluding carboxylic acids is 2. The number of aromatic nitrogens is 1. The Bertz CT molecular complexity index is 1060. The summed E-state index contributed by atoms with van der Waals surface area (Å²) in [6.45, 7) is 3.42. The van der Waals surface area contributed by atoms with Crippen molar-refractivity contribution in [3.8, 4) is 5.75 Å². The van der Waals surface area contributed by atoms with Gasteiger partial charge in [-0.05, 0) is 43.7 Å². The molecular weight excluding hydrogens is 410 g/mol. The lowest BCUT2D eigenvalue weighted by Crippen LogP contribution is -2.21. The number of ether oxygens (including phenoxy) is 2. The van der Waals surface area contributed by atoms with Crippen LogP contribution in [0.3, 0.4) is 0 Å². The Kier molecular flexibility index (Phi) is 6.96. The molecule has 0 aliphatic heterocycles. The molecule has 1 aromatic heterocycles. The van der Waals surface area contributed by atoms with E-state index >= 15 is 0 Å². The van der Waals surface area contributed by atoms with E-state index in [1.807, 2.05) is 13.8 Å². The van der Waals surface area contributed by atoms with Crippen LogP contribution in [-0.4, -0.2) is 23.6 Å². The molecule has 2 aromatic carbocycles. The van der Waals surface area contributed by atoms with Crippen molar-refractivity contribution in [2.45, 2.75) is 26.9 Å². The summed E-state index contributed by atoms with van der Waals surface area (Å²) in [5.41, 5.74) is 2.39. The van der Waals surface area contributed by atoms with Crippen LogP contribution in [0.4, 0.5) is 14.5 Å². The number of aryl methyl sites for hydroxylation is 2. The average Bonchev–Trinajstić information content (AvgIpc) is 3.06. The van der Waals surface area contributed by atoms with Crippen LogP contribution in [-0.2, 0) is 27.4 Å². The lowest BCUT2D eigenvalue weighted by atomic mass is 10.1. The van der Waals surface area contributed by atoms with Gasteiger partial charge in [-0.25, -0.2) is 8.78 Å². The summed E-state index contributed by atoms with van der Waals surface area (Å²) in [4.78, 5) is 23.7. The molecule has 3 rings (SSSR count). The lowest BCUT2D eigenvalue weighted by molar-refractivity contribution is -0.146. The Hall–Kier alpha value is -3.75. The number of nitrogens with zero attached hydrogens (tertiary/aromatic N) is 1. The second-order valence-corrected chi connectivity index (χ2v) is 6.75. The number of hydrogen-bond donors (Lipinski definition) is 1. The summed E-state index contributed by atoms with van der Waals surface area (Å²) in [5.74, 6) is -2.07. The van der Waals surface area contributed by atoms with Gasteiger partial charge in [-0.1, -0.05) is 17.3 Å². The van der Waals surface area contributed by atoms with Gasteiger partial charge in [0.15, 0.2) is 18.2 Å². The van der Waals surface area contributed by atoms with E-state index in [0.717, 1.165) is 23.4 Å². The third-order valence-corrected chi connectivity index (χ3v) is 4.40. The van der Waals surface area contributed by atoms with E-state index in [2.05, 4.69) is 10.5 Å². The highest BCUT2D eigenvalue weighted by atomic mass is 19.2. The number of benzene rings is 2. The summed E-state index contributed by atoms with van der Waals surface area (Å²) >= 11 is 0. The van der Waals surface area contributed by atoms with E-state index in [0.29, 0.717) is 23.7 Å². The van der Waals surface area contributed by atoms with Gasteiger partial charge in [0, 0.05) is 11.8 Å². The van der Waals surface area contributed by atoms with Gasteiger partial charge in [-0.2, -0.15) is 0 Å². The van der Waals surface area contributed by atoms with Gasteiger partial charge in [-0.3, -0.25) is 9.59 Å². The maximum atomic E-state index is 13.1. The number of halogens is 2. The first-order valence-electron chi connectivity index (χ1n) is 9.36. The zero-order valence-electron chi connectivity index (χ0n) is 16.9. The minimum Gasteiger partial charge on any atom is -0.489 e. The summed E-state index contributed by atoms with van der Waals surface area (Å²) in [6, 6.07) is 9.79. The van der Waals surface area contributed by atoms with Crippen molar-refractivity contribution >= 4 is 17.6 Å². The van der Waals surface area contributed by atoms with E-state index < -0.39 is 30.1 Å². The molecule has 0 saturated carbocycles. The SMILES string of the molecule is Cc1noc(C)c1COc1ccc(CC(=O)OCC(=O)Nc2ccc(F)c(F)c2)cc1. The molecule has 0 fully saturated rings. The van der Waals surface area contributed by atoms with Crippen LogP contribution >= 0.6 is 0 Å². The molecule has 31 heavy (non-hydrogen) atoms. The summed E-state index contributed by atoms with van der Waals surface area (Å²) in [6.07, 6.45) is -0.0391. The van der Waals surface area contributed by atoms with Crippen molar-refractivity contribution < 1.29 is 32.4 Å². The van der Waals surface area contributed by atoms with E-state index in [9.17, 15) is 18.4 Å². The zero-order valence-corrected chi connectivity index (χ0v) is 16.9. The number of rotatable bonds is 8. The molecule has 0 bridgehead atoms. The summed E-state index contributed by atoms with van der Waals surface area (Å²) in [5, 5.41) is 6.19. The fourth-order valence-electron chi connectivity index (χ4n) is 2.70. The number of hydrogen-bond acceptors (Lipinski definition) is 6. The molecule has 7 nitrogen and oxygen atoms in total. The molecule has 1 heterocycles. The van der Waals surface area contributed by atoms with Gasteiger partial charge in [0.1, 0.15) is 18.1 Å². The molecular formula is C22H20F2N2O5. The highest BCUT2D eigenvalue weighted by molar-refractivity contribution is 5.92. The van der Waals surface area contributed by atoms with Crippen LogP contribution in [0.15, 0.2) is 47.0 Å². The van der Waals surface area contributed by atoms with Crippen LogP contribution in [0.2, 0.25) is 0 Å². The maximum Gasteiger partial charge on any atom is 0.310 e. The van der Waals surface area contributed by atoms with Crippen LogP contribution in [0.5, 0.6) is 5.75 Å². The maximum absolute atomic E-state index is 13.1. The molecule has 9 heteroatoms. The van der Waals surface area contributed by atoms with Crippen molar-refractivity contribution in [2.75, 3.05) is 11.9 Å². The quantitative estimate of drug-likeness (QED) is 0.546. The third-order valence-electron chi connectivity index (χ3n) is 4.40. The summed E-state index contributed by atoms with van der Waals surface area (Å²) in [7, 11) is 0. The van der Waals surface area contributed by atoms with Crippen molar-refractivity contribution in [3.63, 3.8) is 0 Å². The molecule has 0 atom stereocenters. The molecule has 0 aliphatic rings. The number of amides is 1.